The summed E-state index contributed by atoms with van der Waals surface area (Å²) in [7, 11) is 1.92. The zero-order valence-corrected chi connectivity index (χ0v) is 17.4. The van der Waals surface area contributed by atoms with Crippen LogP contribution in [0.1, 0.15) is 41.6 Å². The van der Waals surface area contributed by atoms with Crippen LogP contribution in [-0.2, 0) is 17.9 Å². The molecule has 5 heteroatoms. The molecule has 2 fully saturated rings. The zero-order chi connectivity index (χ0) is 19.0. The number of benzene rings is 1. The van der Waals surface area contributed by atoms with Gasteiger partial charge in [-0.2, -0.15) is 0 Å². The number of carbonyl (C=O) groups is 1. The minimum Gasteiger partial charge on any atom is -0.340 e. The molecule has 4 rings (SSSR count). The van der Waals surface area contributed by atoms with E-state index in [2.05, 4.69) is 41.9 Å². The van der Waals surface area contributed by atoms with E-state index in [9.17, 15) is 4.79 Å². The van der Waals surface area contributed by atoms with E-state index in [0.29, 0.717) is 12.5 Å². The predicted molar refractivity (Wildman–Crippen MR) is 110 cm³/mol. The van der Waals surface area contributed by atoms with E-state index in [1.165, 1.54) is 16.7 Å². The van der Waals surface area contributed by atoms with E-state index in [0.717, 1.165) is 44.6 Å². The van der Waals surface area contributed by atoms with Crippen molar-refractivity contribution >= 4 is 17.2 Å². The third-order valence-electron chi connectivity index (χ3n) is 6.49. The van der Waals surface area contributed by atoms with Gasteiger partial charge in [0.15, 0.2) is 0 Å². The number of amides is 1. The molecule has 1 aliphatic carbocycles. The minimum absolute atomic E-state index is 0.226. The summed E-state index contributed by atoms with van der Waals surface area (Å²) in [6.45, 7) is 8.23. The van der Waals surface area contributed by atoms with Crippen LogP contribution in [0.25, 0.3) is 0 Å². The van der Waals surface area contributed by atoms with Crippen LogP contribution in [0, 0.1) is 25.2 Å². The molecule has 27 heavy (non-hydrogen) atoms. The summed E-state index contributed by atoms with van der Waals surface area (Å²) in [5.41, 5.74) is 7.24. The number of thiazole rings is 1. The molecule has 1 amide bonds. The number of hydrogen-bond acceptors (Lipinski definition) is 4. The Morgan fingerprint density at radius 2 is 2.11 bits per heavy atom. The Labute approximate surface area is 166 Å². The minimum atomic E-state index is 0.226. The molecule has 1 unspecified atom stereocenters. The fourth-order valence-electron chi connectivity index (χ4n) is 4.57. The average molecular weight is 384 g/mol. The van der Waals surface area contributed by atoms with Gasteiger partial charge >= 0.3 is 0 Å². The van der Waals surface area contributed by atoms with Crippen molar-refractivity contribution in [3.05, 3.63) is 51.5 Å². The summed E-state index contributed by atoms with van der Waals surface area (Å²) >= 11 is 1.59. The molecule has 1 saturated carbocycles. The number of carbonyl (C=O) groups excluding carboxylic acids is 1. The van der Waals surface area contributed by atoms with E-state index in [1.54, 1.807) is 11.3 Å². The van der Waals surface area contributed by atoms with Gasteiger partial charge in [0.1, 0.15) is 0 Å². The van der Waals surface area contributed by atoms with E-state index in [4.69, 9.17) is 0 Å². The Bertz CT molecular complexity index is 809. The Hall–Kier alpha value is -1.72. The van der Waals surface area contributed by atoms with Crippen LogP contribution in [0.3, 0.4) is 0 Å². The lowest BCUT2D eigenvalue weighted by Gasteiger charge is -2.33. The standard InChI is InChI=1S/C22H29N3OS/c1-16-4-5-18(17(2)10-16)12-25-8-6-22(7-9-25)11-20(22)21(26)24(3)13-19-14-27-15-23-19/h4-5,10,14-15,20H,6-9,11-13H2,1-3H3. The maximum absolute atomic E-state index is 12.8. The Morgan fingerprint density at radius 3 is 2.78 bits per heavy atom. The number of piperidine rings is 1. The number of aryl methyl sites for hydroxylation is 2. The average Bonchev–Trinajstić information content (AvgIpc) is 3.08. The molecule has 1 aliphatic heterocycles. The summed E-state index contributed by atoms with van der Waals surface area (Å²) in [5, 5.41) is 2.03. The lowest BCUT2D eigenvalue weighted by atomic mass is 9.90. The number of rotatable bonds is 5. The van der Waals surface area contributed by atoms with Crippen LogP contribution >= 0.6 is 11.3 Å². The van der Waals surface area contributed by atoms with Gasteiger partial charge in [0, 0.05) is 24.9 Å². The van der Waals surface area contributed by atoms with Crippen molar-refractivity contribution < 1.29 is 4.79 Å². The highest BCUT2D eigenvalue weighted by molar-refractivity contribution is 7.07. The van der Waals surface area contributed by atoms with Gasteiger partial charge in [-0.15, -0.1) is 11.3 Å². The monoisotopic (exact) mass is 383 g/mol. The van der Waals surface area contributed by atoms with Gasteiger partial charge in [0.2, 0.25) is 5.91 Å². The fourth-order valence-corrected chi connectivity index (χ4v) is 5.12. The van der Waals surface area contributed by atoms with Gasteiger partial charge in [-0.3, -0.25) is 9.69 Å². The molecule has 1 saturated heterocycles. The SMILES string of the molecule is Cc1ccc(CN2CCC3(CC2)CC3C(=O)N(C)Cc2cscn2)c(C)c1. The molecule has 1 aromatic carbocycles. The third kappa shape index (κ3) is 3.94. The zero-order valence-electron chi connectivity index (χ0n) is 16.6. The van der Waals surface area contributed by atoms with Gasteiger partial charge in [0.25, 0.3) is 0 Å². The Balaban J connectivity index is 1.30. The van der Waals surface area contributed by atoms with Crippen LogP contribution in [0.4, 0.5) is 0 Å². The van der Waals surface area contributed by atoms with Crippen LogP contribution in [0.2, 0.25) is 0 Å². The van der Waals surface area contributed by atoms with E-state index in [-0.39, 0.29) is 11.3 Å². The normalized spacial score (nSPS) is 21.4. The molecule has 2 heterocycles. The predicted octanol–water partition coefficient (Wildman–Crippen LogP) is 4.02. The van der Waals surface area contributed by atoms with Gasteiger partial charge in [0.05, 0.1) is 17.7 Å². The van der Waals surface area contributed by atoms with Crippen molar-refractivity contribution in [2.75, 3.05) is 20.1 Å². The first-order valence-electron chi connectivity index (χ1n) is 9.87. The van der Waals surface area contributed by atoms with Gasteiger partial charge in [-0.1, -0.05) is 23.8 Å². The van der Waals surface area contributed by atoms with Crippen molar-refractivity contribution in [1.29, 1.82) is 0 Å². The largest absolute Gasteiger partial charge is 0.340 e. The van der Waals surface area contributed by atoms with Crippen molar-refractivity contribution in [3.63, 3.8) is 0 Å². The molecule has 144 valence electrons. The molecule has 0 radical (unpaired) electrons. The molecule has 1 atom stereocenters. The third-order valence-corrected chi connectivity index (χ3v) is 7.13. The molecular formula is C22H29N3OS. The topological polar surface area (TPSA) is 36.4 Å². The molecule has 2 aromatic rings. The van der Waals surface area contributed by atoms with Crippen molar-refractivity contribution in [3.8, 4) is 0 Å². The van der Waals surface area contributed by atoms with E-state index >= 15 is 0 Å². The number of likely N-dealkylation sites (tertiary alicyclic amines) is 1. The van der Waals surface area contributed by atoms with Crippen molar-refractivity contribution in [1.82, 2.24) is 14.8 Å². The van der Waals surface area contributed by atoms with Crippen molar-refractivity contribution in [2.24, 2.45) is 11.3 Å². The molecule has 0 bridgehead atoms. The molecular weight excluding hydrogens is 354 g/mol. The Morgan fingerprint density at radius 1 is 1.33 bits per heavy atom. The summed E-state index contributed by atoms with van der Waals surface area (Å²) in [6.07, 6.45) is 3.38. The maximum Gasteiger partial charge on any atom is 0.226 e. The number of aromatic nitrogens is 1. The molecule has 1 spiro atoms. The van der Waals surface area contributed by atoms with Crippen LogP contribution in [0.5, 0.6) is 0 Å². The second-order valence-electron chi connectivity index (χ2n) is 8.50. The van der Waals surface area contributed by atoms with Gasteiger partial charge in [-0.25, -0.2) is 4.98 Å². The quantitative estimate of drug-likeness (QED) is 0.782. The highest BCUT2D eigenvalue weighted by Gasteiger charge is 2.58. The fraction of sp³-hybridized carbons (Fsp3) is 0.545. The van der Waals surface area contributed by atoms with Gasteiger partial charge < -0.3 is 4.90 Å². The Kier molecular flexibility index (Phi) is 5.08. The van der Waals surface area contributed by atoms with Crippen molar-refractivity contribution in [2.45, 2.75) is 46.2 Å². The smallest absolute Gasteiger partial charge is 0.226 e. The van der Waals surface area contributed by atoms with E-state index in [1.807, 2.05) is 22.8 Å². The number of nitrogens with zero attached hydrogens (tertiary/aromatic N) is 3. The summed E-state index contributed by atoms with van der Waals surface area (Å²) in [6, 6.07) is 6.75. The van der Waals surface area contributed by atoms with E-state index < -0.39 is 0 Å². The van der Waals surface area contributed by atoms with Crippen LogP contribution in [0.15, 0.2) is 29.1 Å². The summed E-state index contributed by atoms with van der Waals surface area (Å²) in [5.74, 6) is 0.537. The lowest BCUT2D eigenvalue weighted by Crippen LogP contribution is -2.37. The molecule has 1 aromatic heterocycles. The first kappa shape index (κ1) is 18.6. The highest BCUT2D eigenvalue weighted by Crippen LogP contribution is 2.60. The van der Waals surface area contributed by atoms with Gasteiger partial charge in [-0.05, 0) is 62.7 Å². The first-order chi connectivity index (χ1) is 13.0. The number of hydrogen-bond donors (Lipinski definition) is 0. The molecule has 0 N–H and O–H groups in total. The second-order valence-corrected chi connectivity index (χ2v) is 9.22. The van der Waals surface area contributed by atoms with Crippen LogP contribution in [-0.4, -0.2) is 40.8 Å². The lowest BCUT2D eigenvalue weighted by molar-refractivity contribution is -0.133. The van der Waals surface area contributed by atoms with Crippen LogP contribution < -0.4 is 0 Å². The molecule has 2 aliphatic rings. The molecule has 4 nitrogen and oxygen atoms in total. The summed E-state index contributed by atoms with van der Waals surface area (Å²) in [4.78, 5) is 21.6. The summed E-state index contributed by atoms with van der Waals surface area (Å²) < 4.78 is 0. The second kappa shape index (κ2) is 7.36. The maximum atomic E-state index is 12.8. The first-order valence-corrected chi connectivity index (χ1v) is 10.8. The highest BCUT2D eigenvalue weighted by atomic mass is 32.1.